The van der Waals surface area contributed by atoms with Gasteiger partial charge < -0.3 is 30.3 Å². The molecule has 4 atom stereocenters. The van der Waals surface area contributed by atoms with Crippen molar-refractivity contribution >= 4 is 5.97 Å². The van der Waals surface area contributed by atoms with Gasteiger partial charge in [-0.1, -0.05) is 122 Å². The van der Waals surface area contributed by atoms with Gasteiger partial charge in [-0.3, -0.25) is 0 Å². The smallest absolute Gasteiger partial charge is 0.338 e. The van der Waals surface area contributed by atoms with Gasteiger partial charge in [-0.05, 0) is 30.5 Å². The van der Waals surface area contributed by atoms with Crippen LogP contribution >= 0.6 is 0 Å². The van der Waals surface area contributed by atoms with E-state index in [9.17, 15) is 25.2 Å². The molecule has 39 heavy (non-hydrogen) atoms. The molecule has 1 aromatic rings. The zero-order valence-electron chi connectivity index (χ0n) is 24.3. The lowest BCUT2D eigenvalue weighted by Gasteiger charge is -2.25. The van der Waals surface area contributed by atoms with Crippen molar-refractivity contribution in [3.8, 4) is 0 Å². The van der Waals surface area contributed by atoms with Gasteiger partial charge in [0.15, 0.2) is 0 Å². The predicted molar refractivity (Wildman–Crippen MR) is 156 cm³/mol. The molecular weight excluding hydrogens is 496 g/mol. The summed E-state index contributed by atoms with van der Waals surface area (Å²) < 4.78 is 5.01. The van der Waals surface area contributed by atoms with E-state index < -0.39 is 43.6 Å². The first kappa shape index (κ1) is 35.5. The number of rotatable bonds is 25. The molecule has 0 amide bonds. The van der Waals surface area contributed by atoms with Gasteiger partial charge in [-0.15, -0.1) is 0 Å². The lowest BCUT2D eigenvalue weighted by atomic mass is 10.0. The summed E-state index contributed by atoms with van der Waals surface area (Å²) in [5.74, 6) is -0.650. The van der Waals surface area contributed by atoms with Crippen LogP contribution in [0.2, 0.25) is 0 Å². The normalized spacial score (nSPS) is 14.6. The fraction of sp³-hybridized carbons (Fsp3) is 0.781. The molecule has 0 fully saturated rings. The third-order valence-electron chi connectivity index (χ3n) is 7.47. The molecule has 5 N–H and O–H groups in total. The number of benzene rings is 1. The fourth-order valence-electron chi connectivity index (χ4n) is 4.77. The molecule has 1 rings (SSSR count). The molecule has 0 saturated carbocycles. The topological polar surface area (TPSA) is 127 Å². The standard InChI is InChI=1S/C32H56O7/c1-2-3-4-5-6-7-8-9-10-11-12-13-14-15-16-17-18-19-26-20-22-27(23-21-26)32(38)39-25-29(35)31(37)30(36)28(34)24-33/h20-23,28-31,33-37H,2-19,24-25H2,1H3/t28-,29+,30+,31+/m0/s1. The van der Waals surface area contributed by atoms with Crippen LogP contribution in [-0.4, -0.2) is 69.1 Å². The number of aryl methyl sites for hydroxylation is 1. The fourth-order valence-corrected chi connectivity index (χ4v) is 4.77. The number of aliphatic hydroxyl groups excluding tert-OH is 5. The second kappa shape index (κ2) is 23.2. The monoisotopic (exact) mass is 552 g/mol. The Kier molecular flexibility index (Phi) is 21.1. The van der Waals surface area contributed by atoms with Crippen LogP contribution in [0.3, 0.4) is 0 Å². The Labute approximate surface area is 236 Å². The number of carbonyl (C=O) groups excluding carboxylic acids is 1. The van der Waals surface area contributed by atoms with Crippen molar-refractivity contribution in [2.45, 2.75) is 147 Å². The Balaban J connectivity index is 2.04. The van der Waals surface area contributed by atoms with Gasteiger partial charge in [0.1, 0.15) is 31.0 Å². The van der Waals surface area contributed by atoms with Crippen LogP contribution in [0, 0.1) is 0 Å². The van der Waals surface area contributed by atoms with E-state index in [4.69, 9.17) is 9.84 Å². The summed E-state index contributed by atoms with van der Waals surface area (Å²) in [6, 6.07) is 7.16. The highest BCUT2D eigenvalue weighted by Gasteiger charge is 2.30. The first-order valence-electron chi connectivity index (χ1n) is 15.5. The Morgan fingerprint density at radius 1 is 0.641 bits per heavy atom. The van der Waals surface area contributed by atoms with Crippen LogP contribution in [0.4, 0.5) is 0 Å². The zero-order chi connectivity index (χ0) is 28.7. The second-order valence-electron chi connectivity index (χ2n) is 11.0. The van der Waals surface area contributed by atoms with E-state index in [0.29, 0.717) is 5.56 Å². The maximum absolute atomic E-state index is 12.2. The summed E-state index contributed by atoms with van der Waals surface area (Å²) in [4.78, 5) is 12.2. The summed E-state index contributed by atoms with van der Waals surface area (Å²) >= 11 is 0. The third-order valence-corrected chi connectivity index (χ3v) is 7.47. The lowest BCUT2D eigenvalue weighted by Crippen LogP contribution is -2.47. The van der Waals surface area contributed by atoms with Gasteiger partial charge in [0.25, 0.3) is 0 Å². The highest BCUT2D eigenvalue weighted by Crippen LogP contribution is 2.15. The number of hydrogen-bond acceptors (Lipinski definition) is 7. The molecule has 0 aliphatic heterocycles. The Bertz CT molecular complexity index is 709. The van der Waals surface area contributed by atoms with Gasteiger partial charge in [0.05, 0.1) is 12.2 Å². The molecule has 7 heteroatoms. The summed E-state index contributed by atoms with van der Waals surface area (Å²) in [7, 11) is 0. The number of carbonyl (C=O) groups is 1. The largest absolute Gasteiger partial charge is 0.459 e. The molecule has 226 valence electrons. The maximum Gasteiger partial charge on any atom is 0.338 e. The van der Waals surface area contributed by atoms with Crippen LogP contribution < -0.4 is 0 Å². The highest BCUT2D eigenvalue weighted by molar-refractivity contribution is 5.89. The quantitative estimate of drug-likeness (QED) is 0.0803. The van der Waals surface area contributed by atoms with Crippen molar-refractivity contribution in [1.29, 1.82) is 0 Å². The van der Waals surface area contributed by atoms with Crippen LogP contribution in [-0.2, 0) is 11.2 Å². The minimum atomic E-state index is -1.76. The molecule has 0 aliphatic carbocycles. The van der Waals surface area contributed by atoms with Crippen LogP contribution in [0.1, 0.15) is 132 Å². The molecule has 0 bridgehead atoms. The zero-order valence-corrected chi connectivity index (χ0v) is 24.3. The maximum atomic E-state index is 12.2. The first-order valence-corrected chi connectivity index (χ1v) is 15.5. The van der Waals surface area contributed by atoms with Gasteiger partial charge in [0.2, 0.25) is 0 Å². The SMILES string of the molecule is CCCCCCCCCCCCCCCCCCCc1ccc(C(=O)OC[C@@H](O)[C@@H](O)[C@H](O)[C@@H](O)CO)cc1. The number of ether oxygens (including phenoxy) is 1. The number of unbranched alkanes of at least 4 members (excludes halogenated alkanes) is 16. The van der Waals surface area contributed by atoms with Gasteiger partial charge in [-0.25, -0.2) is 4.79 Å². The van der Waals surface area contributed by atoms with Crippen molar-refractivity contribution in [2.75, 3.05) is 13.2 Å². The molecule has 0 heterocycles. The minimum absolute atomic E-state index is 0.332. The molecular formula is C32H56O7. The van der Waals surface area contributed by atoms with E-state index >= 15 is 0 Å². The van der Waals surface area contributed by atoms with Crippen LogP contribution in [0.25, 0.3) is 0 Å². The summed E-state index contributed by atoms with van der Waals surface area (Å²) in [5, 5.41) is 47.4. The van der Waals surface area contributed by atoms with E-state index in [2.05, 4.69) is 6.92 Å². The number of hydrogen-bond donors (Lipinski definition) is 5. The molecule has 0 unspecified atom stereocenters. The predicted octanol–water partition coefficient (Wildman–Crippen LogP) is 5.47. The average Bonchev–Trinajstić information content (AvgIpc) is 2.96. The molecule has 0 saturated heterocycles. The van der Waals surface area contributed by atoms with Crippen LogP contribution in [0.15, 0.2) is 24.3 Å². The molecule has 1 aromatic carbocycles. The highest BCUT2D eigenvalue weighted by atomic mass is 16.5. The molecule has 7 nitrogen and oxygen atoms in total. The van der Waals surface area contributed by atoms with Crippen molar-refractivity contribution < 1.29 is 35.1 Å². The van der Waals surface area contributed by atoms with E-state index in [1.807, 2.05) is 12.1 Å². The molecule has 0 aromatic heterocycles. The van der Waals surface area contributed by atoms with E-state index in [1.165, 1.54) is 103 Å². The summed E-state index contributed by atoms with van der Waals surface area (Å²) in [6.07, 6.45) is 17.2. The van der Waals surface area contributed by atoms with Crippen molar-refractivity contribution in [3.05, 3.63) is 35.4 Å². The first-order chi connectivity index (χ1) is 18.9. The number of esters is 1. The summed E-state index contributed by atoms with van der Waals surface area (Å²) in [6.45, 7) is 0.958. The van der Waals surface area contributed by atoms with Gasteiger partial charge in [-0.2, -0.15) is 0 Å². The molecule has 0 aliphatic rings. The minimum Gasteiger partial charge on any atom is -0.459 e. The van der Waals surface area contributed by atoms with Crippen LogP contribution in [0.5, 0.6) is 0 Å². The Hall–Kier alpha value is -1.51. The van der Waals surface area contributed by atoms with E-state index in [1.54, 1.807) is 12.1 Å². The van der Waals surface area contributed by atoms with Crippen molar-refractivity contribution in [2.24, 2.45) is 0 Å². The Morgan fingerprint density at radius 2 is 1.05 bits per heavy atom. The lowest BCUT2D eigenvalue weighted by molar-refractivity contribution is -0.124. The van der Waals surface area contributed by atoms with E-state index in [-0.39, 0.29) is 0 Å². The average molecular weight is 553 g/mol. The molecule has 0 spiro atoms. The van der Waals surface area contributed by atoms with Gasteiger partial charge >= 0.3 is 5.97 Å². The number of aliphatic hydroxyl groups is 5. The van der Waals surface area contributed by atoms with Crippen molar-refractivity contribution in [3.63, 3.8) is 0 Å². The summed E-state index contributed by atoms with van der Waals surface area (Å²) in [5.41, 5.74) is 1.49. The van der Waals surface area contributed by atoms with Crippen molar-refractivity contribution in [1.82, 2.24) is 0 Å². The molecule has 0 radical (unpaired) electrons. The second-order valence-corrected chi connectivity index (χ2v) is 11.0. The van der Waals surface area contributed by atoms with Gasteiger partial charge in [0, 0.05) is 0 Å². The third kappa shape index (κ3) is 17.0. The Morgan fingerprint density at radius 3 is 1.49 bits per heavy atom. The van der Waals surface area contributed by atoms with E-state index in [0.717, 1.165) is 18.4 Å².